The Balaban J connectivity index is 0. The third-order valence-electron chi connectivity index (χ3n) is 3.97. The van der Waals surface area contributed by atoms with Crippen molar-refractivity contribution in [3.05, 3.63) is 12.2 Å². The molecule has 1 atom stereocenters. The van der Waals surface area contributed by atoms with Crippen LogP contribution in [0.5, 0.6) is 0 Å². The predicted octanol–water partition coefficient (Wildman–Crippen LogP) is 5.08. The molecule has 0 radical (unpaired) electrons. The maximum absolute atomic E-state index is 9.60. The lowest BCUT2D eigenvalue weighted by Gasteiger charge is -2.06. The summed E-state index contributed by atoms with van der Waals surface area (Å²) in [5, 5.41) is 25.7. The molecule has 4 heteroatoms. The van der Waals surface area contributed by atoms with Gasteiger partial charge < -0.3 is 15.3 Å². The summed E-state index contributed by atoms with van der Waals surface area (Å²) in [5.41, 5.74) is 0.176. The highest BCUT2D eigenvalue weighted by molar-refractivity contribution is 5.84. The van der Waals surface area contributed by atoms with Crippen LogP contribution in [0.4, 0.5) is 0 Å². The molecule has 0 spiro atoms. The Morgan fingerprint density at radius 1 is 0.875 bits per heavy atom. The second-order valence-corrected chi connectivity index (χ2v) is 6.60. The van der Waals surface area contributed by atoms with Crippen molar-refractivity contribution in [3.8, 4) is 0 Å². The van der Waals surface area contributed by atoms with E-state index < -0.39 is 12.1 Å². The molecule has 0 aliphatic carbocycles. The normalized spacial score (nSPS) is 11.5. The van der Waals surface area contributed by atoms with Crippen molar-refractivity contribution in [1.82, 2.24) is 0 Å². The van der Waals surface area contributed by atoms with E-state index in [1.165, 1.54) is 77.6 Å². The molecule has 0 aliphatic heterocycles. The molecule has 0 aromatic rings. The Labute approximate surface area is 149 Å². The minimum Gasteiger partial charge on any atom is -0.478 e. The van der Waals surface area contributed by atoms with Crippen LogP contribution in [0, 0.1) is 0 Å². The van der Waals surface area contributed by atoms with Crippen molar-refractivity contribution >= 4 is 5.97 Å². The molecule has 0 aromatic carbocycles. The summed E-state index contributed by atoms with van der Waals surface area (Å²) in [6.45, 7) is 6.78. The minimum absolute atomic E-state index is 0.0853. The molecular weight excluding hydrogens is 304 g/mol. The molecule has 0 heterocycles. The molecule has 0 aromatic heterocycles. The molecular formula is C20H40O4. The summed E-state index contributed by atoms with van der Waals surface area (Å²) in [6.07, 6.45) is 16.3. The standard InChI is InChI=1S/C16H34O2.C4H6O2/c1-2-3-4-5-6-7-8-9-10-11-12-13-14-16(18)15-17;1-3(2)4(5)6/h16-18H,2-15H2,1H3;1H2,2H3,(H,5,6). The molecule has 144 valence electrons. The first kappa shape index (κ1) is 25.4. The molecule has 1 unspecified atom stereocenters. The van der Waals surface area contributed by atoms with Gasteiger partial charge in [0.1, 0.15) is 0 Å². The van der Waals surface area contributed by atoms with Crippen molar-refractivity contribution in [2.75, 3.05) is 6.61 Å². The van der Waals surface area contributed by atoms with Crippen molar-refractivity contribution in [2.24, 2.45) is 0 Å². The lowest BCUT2D eigenvalue weighted by atomic mass is 10.0. The van der Waals surface area contributed by atoms with Gasteiger partial charge in [0.15, 0.2) is 0 Å². The number of hydrogen-bond donors (Lipinski definition) is 3. The van der Waals surface area contributed by atoms with E-state index in [0.717, 1.165) is 12.8 Å². The number of carboxylic acids is 1. The molecule has 0 saturated carbocycles. The van der Waals surface area contributed by atoms with E-state index in [4.69, 9.17) is 15.3 Å². The van der Waals surface area contributed by atoms with Gasteiger partial charge in [-0.2, -0.15) is 0 Å². The molecule has 0 rings (SSSR count). The van der Waals surface area contributed by atoms with Crippen LogP contribution in [-0.2, 0) is 4.79 Å². The van der Waals surface area contributed by atoms with Crippen LogP contribution in [0.2, 0.25) is 0 Å². The maximum atomic E-state index is 9.60. The van der Waals surface area contributed by atoms with Gasteiger partial charge in [0.05, 0.1) is 12.7 Å². The Hall–Kier alpha value is -0.870. The minimum atomic E-state index is -0.935. The fourth-order valence-electron chi connectivity index (χ4n) is 2.31. The third kappa shape index (κ3) is 23.4. The van der Waals surface area contributed by atoms with Crippen molar-refractivity contribution in [2.45, 2.75) is 103 Å². The van der Waals surface area contributed by atoms with Crippen LogP contribution >= 0.6 is 0 Å². The third-order valence-corrected chi connectivity index (χ3v) is 3.97. The SMILES string of the molecule is C=C(C)C(=O)O.CCCCCCCCCCCCCCC(O)CO. The van der Waals surface area contributed by atoms with Crippen LogP contribution < -0.4 is 0 Å². The number of hydrogen-bond acceptors (Lipinski definition) is 3. The van der Waals surface area contributed by atoms with Gasteiger partial charge in [-0.25, -0.2) is 4.79 Å². The maximum Gasteiger partial charge on any atom is 0.330 e. The lowest BCUT2D eigenvalue weighted by Crippen LogP contribution is -2.10. The van der Waals surface area contributed by atoms with Crippen molar-refractivity contribution in [3.63, 3.8) is 0 Å². The molecule has 4 nitrogen and oxygen atoms in total. The van der Waals surface area contributed by atoms with Gasteiger partial charge in [-0.3, -0.25) is 0 Å². The van der Waals surface area contributed by atoms with Crippen LogP contribution in [-0.4, -0.2) is 34.0 Å². The van der Waals surface area contributed by atoms with Crippen LogP contribution in [0.25, 0.3) is 0 Å². The first-order chi connectivity index (χ1) is 11.5. The smallest absolute Gasteiger partial charge is 0.330 e. The number of carbonyl (C=O) groups is 1. The highest BCUT2D eigenvalue weighted by Gasteiger charge is 2.00. The molecule has 24 heavy (non-hydrogen) atoms. The molecule has 0 fully saturated rings. The summed E-state index contributed by atoms with van der Waals surface area (Å²) in [7, 11) is 0. The van der Waals surface area contributed by atoms with Gasteiger partial charge in [0.25, 0.3) is 0 Å². The fraction of sp³-hybridized carbons (Fsp3) is 0.850. The predicted molar refractivity (Wildman–Crippen MR) is 101 cm³/mol. The second-order valence-electron chi connectivity index (χ2n) is 6.60. The van der Waals surface area contributed by atoms with E-state index >= 15 is 0 Å². The summed E-state index contributed by atoms with van der Waals surface area (Å²) >= 11 is 0. The van der Waals surface area contributed by atoms with E-state index in [2.05, 4.69) is 13.5 Å². The molecule has 0 aliphatic rings. The average Bonchev–Trinajstić information content (AvgIpc) is 2.56. The van der Waals surface area contributed by atoms with Gasteiger partial charge in [0, 0.05) is 5.57 Å². The monoisotopic (exact) mass is 344 g/mol. The number of unbranched alkanes of at least 4 members (excludes halogenated alkanes) is 11. The van der Waals surface area contributed by atoms with E-state index in [9.17, 15) is 4.79 Å². The summed E-state index contributed by atoms with van der Waals surface area (Å²) < 4.78 is 0. The van der Waals surface area contributed by atoms with Gasteiger partial charge in [-0.15, -0.1) is 0 Å². The second kappa shape index (κ2) is 20.2. The van der Waals surface area contributed by atoms with E-state index in [1.807, 2.05) is 0 Å². The zero-order valence-corrected chi connectivity index (χ0v) is 15.9. The quantitative estimate of drug-likeness (QED) is 0.286. The topological polar surface area (TPSA) is 77.8 Å². The number of rotatable bonds is 15. The number of carboxylic acid groups (broad SMARTS) is 1. The van der Waals surface area contributed by atoms with E-state index in [1.54, 1.807) is 0 Å². The number of aliphatic hydroxyl groups excluding tert-OH is 2. The van der Waals surface area contributed by atoms with Gasteiger partial charge in [-0.05, 0) is 13.3 Å². The number of aliphatic carboxylic acids is 1. The molecule has 3 N–H and O–H groups in total. The summed E-state index contributed by atoms with van der Waals surface area (Å²) in [6, 6.07) is 0. The van der Waals surface area contributed by atoms with Crippen molar-refractivity contribution < 1.29 is 20.1 Å². The van der Waals surface area contributed by atoms with Gasteiger partial charge in [0.2, 0.25) is 0 Å². The van der Waals surface area contributed by atoms with Gasteiger partial charge >= 0.3 is 5.97 Å². The highest BCUT2D eigenvalue weighted by atomic mass is 16.4. The Morgan fingerprint density at radius 2 is 1.21 bits per heavy atom. The lowest BCUT2D eigenvalue weighted by molar-refractivity contribution is -0.132. The van der Waals surface area contributed by atoms with Crippen LogP contribution in [0.1, 0.15) is 97.3 Å². The fourth-order valence-corrected chi connectivity index (χ4v) is 2.31. The first-order valence-electron chi connectivity index (χ1n) is 9.63. The average molecular weight is 345 g/mol. The largest absolute Gasteiger partial charge is 0.478 e. The summed E-state index contributed by atoms with van der Waals surface area (Å²) in [4.78, 5) is 9.60. The van der Waals surface area contributed by atoms with E-state index in [0.29, 0.717) is 0 Å². The van der Waals surface area contributed by atoms with Crippen LogP contribution in [0.3, 0.4) is 0 Å². The first-order valence-corrected chi connectivity index (χ1v) is 9.63. The van der Waals surface area contributed by atoms with Crippen molar-refractivity contribution in [1.29, 1.82) is 0 Å². The molecule has 0 saturated heterocycles. The van der Waals surface area contributed by atoms with Crippen LogP contribution in [0.15, 0.2) is 12.2 Å². The summed E-state index contributed by atoms with van der Waals surface area (Å²) in [5.74, 6) is -0.935. The zero-order chi connectivity index (χ0) is 18.6. The highest BCUT2D eigenvalue weighted by Crippen LogP contribution is 2.12. The van der Waals surface area contributed by atoms with Gasteiger partial charge in [-0.1, -0.05) is 90.6 Å². The van der Waals surface area contributed by atoms with E-state index in [-0.39, 0.29) is 12.2 Å². The Bertz CT molecular complexity index is 277. The Morgan fingerprint density at radius 3 is 1.50 bits per heavy atom. The zero-order valence-electron chi connectivity index (χ0n) is 15.9. The molecule has 0 amide bonds. The number of aliphatic hydroxyl groups is 2. The Kier molecular flexibility index (Phi) is 21.3. The molecule has 0 bridgehead atoms.